The molecular formula is C32H36BrNO17. The minimum Gasteiger partial charge on any atom is -0.463 e. The lowest BCUT2D eigenvalue weighted by molar-refractivity contribution is -0.337. The van der Waals surface area contributed by atoms with Crippen molar-refractivity contribution in [1.29, 1.82) is 0 Å². The summed E-state index contributed by atoms with van der Waals surface area (Å²) in [5.74, 6) is -6.55. The molecule has 10 atom stereocenters. The number of alkyl halides is 1. The normalized spacial score (nSPS) is 30.1. The molecule has 0 radical (unpaired) electrons. The summed E-state index contributed by atoms with van der Waals surface area (Å²) in [5, 5.41) is -1.24. The SMILES string of the molecule is CC(=O)OC[C@H]1O[C@@H](O[C@H]2[C@H](OC(C)=O)[C@@H](N3C(=O)c4ccccc4C3=O)[C@H](Br)O[C@@H]2COC(C)=O)[C@H](OC(C)=O)[C@@H](OC(C)=O)[C@H]1OC(C)=O. The first-order valence-electron chi connectivity index (χ1n) is 15.5. The molecule has 278 valence electrons. The Morgan fingerprint density at radius 3 is 1.51 bits per heavy atom. The van der Waals surface area contributed by atoms with Crippen molar-refractivity contribution >= 4 is 63.6 Å². The molecule has 51 heavy (non-hydrogen) atoms. The lowest BCUT2D eigenvalue weighted by atomic mass is 9.95. The van der Waals surface area contributed by atoms with Gasteiger partial charge < -0.3 is 42.6 Å². The number of esters is 6. The van der Waals surface area contributed by atoms with Gasteiger partial charge in [0.25, 0.3) is 11.8 Å². The largest absolute Gasteiger partial charge is 0.463 e. The second kappa shape index (κ2) is 16.7. The molecule has 3 heterocycles. The van der Waals surface area contributed by atoms with Gasteiger partial charge in [-0.05, 0) is 12.1 Å². The van der Waals surface area contributed by atoms with Crippen LogP contribution in [0.4, 0.5) is 0 Å². The van der Waals surface area contributed by atoms with Crippen LogP contribution in [0.1, 0.15) is 62.3 Å². The topological polar surface area (TPSA) is 223 Å². The standard InChI is InChI=1S/C32H36BrNO17/c1-13(35)43-11-21-24(26(46-16(4)38)23(29(33)49-21)34-30(41)19-9-7-8-10-20(19)31(34)42)51-32-28(48-18(6)40)27(47-17(5)39)25(45-15(3)37)22(50-32)12-44-14(2)36/h7-10,21-29,32H,11-12H2,1-6H3/t21-,22-,23-,24-,25+,26-,27+,28-,29-,32+/m1/s1. The van der Waals surface area contributed by atoms with Gasteiger partial charge in [-0.3, -0.25) is 43.3 Å². The van der Waals surface area contributed by atoms with E-state index < -0.39 is 121 Å². The van der Waals surface area contributed by atoms with Gasteiger partial charge in [0.2, 0.25) is 0 Å². The van der Waals surface area contributed by atoms with Crippen LogP contribution in [0, 0.1) is 0 Å². The van der Waals surface area contributed by atoms with E-state index in [2.05, 4.69) is 15.9 Å². The van der Waals surface area contributed by atoms with Crippen LogP contribution < -0.4 is 0 Å². The minimum atomic E-state index is -1.81. The number of hydrogen-bond donors (Lipinski definition) is 0. The smallest absolute Gasteiger partial charge is 0.303 e. The first-order chi connectivity index (χ1) is 24.0. The van der Waals surface area contributed by atoms with Crippen LogP contribution in [-0.2, 0) is 71.4 Å². The summed E-state index contributed by atoms with van der Waals surface area (Å²) in [6, 6.07) is 4.58. The molecule has 3 aliphatic rings. The summed E-state index contributed by atoms with van der Waals surface area (Å²) in [7, 11) is 0. The molecule has 1 aromatic rings. The molecule has 2 fully saturated rings. The van der Waals surface area contributed by atoms with E-state index in [1.807, 2.05) is 0 Å². The number of ether oxygens (including phenoxy) is 9. The number of carbonyl (C=O) groups excluding carboxylic acids is 8. The molecule has 0 unspecified atom stereocenters. The number of amides is 2. The van der Waals surface area contributed by atoms with Crippen molar-refractivity contribution in [2.45, 2.75) is 102 Å². The number of fused-ring (bicyclic) bond motifs is 1. The van der Waals surface area contributed by atoms with Crippen LogP contribution in [0.15, 0.2) is 24.3 Å². The monoisotopic (exact) mass is 785 g/mol. The lowest BCUT2D eigenvalue weighted by Gasteiger charge is -2.49. The lowest BCUT2D eigenvalue weighted by Crippen LogP contribution is -2.68. The maximum Gasteiger partial charge on any atom is 0.303 e. The highest BCUT2D eigenvalue weighted by molar-refractivity contribution is 9.09. The van der Waals surface area contributed by atoms with Crippen LogP contribution in [0.3, 0.4) is 0 Å². The molecule has 18 nitrogen and oxygen atoms in total. The summed E-state index contributed by atoms with van der Waals surface area (Å²) in [6.45, 7) is 5.28. The van der Waals surface area contributed by atoms with Gasteiger partial charge in [0.15, 0.2) is 30.7 Å². The molecular weight excluding hydrogens is 750 g/mol. The fourth-order valence-electron chi connectivity index (χ4n) is 5.90. The predicted octanol–water partition coefficient (Wildman–Crippen LogP) is 0.734. The number of halogens is 1. The van der Waals surface area contributed by atoms with Gasteiger partial charge in [0.1, 0.15) is 42.6 Å². The Kier molecular flexibility index (Phi) is 12.9. The van der Waals surface area contributed by atoms with E-state index in [-0.39, 0.29) is 11.1 Å². The van der Waals surface area contributed by atoms with Gasteiger partial charge in [-0.2, -0.15) is 0 Å². The van der Waals surface area contributed by atoms with Gasteiger partial charge in [0, 0.05) is 41.5 Å². The van der Waals surface area contributed by atoms with Gasteiger partial charge >= 0.3 is 35.8 Å². The Balaban J connectivity index is 1.84. The quantitative estimate of drug-likeness (QED) is 0.131. The third-order valence-electron chi connectivity index (χ3n) is 7.72. The van der Waals surface area contributed by atoms with Crippen LogP contribution in [0.25, 0.3) is 0 Å². The first-order valence-corrected chi connectivity index (χ1v) is 16.4. The second-order valence-corrected chi connectivity index (χ2v) is 12.5. The maximum atomic E-state index is 13.7. The fraction of sp³-hybridized carbons (Fsp3) is 0.562. The summed E-state index contributed by atoms with van der Waals surface area (Å²) in [5.41, 5.74) is 0.144. The van der Waals surface area contributed by atoms with Crippen LogP contribution in [0.2, 0.25) is 0 Å². The Labute approximate surface area is 299 Å². The Bertz CT molecular complexity index is 1530. The summed E-state index contributed by atoms with van der Waals surface area (Å²) < 4.78 is 50.9. The molecule has 2 amide bonds. The van der Waals surface area contributed by atoms with E-state index in [1.165, 1.54) is 12.1 Å². The molecule has 0 spiro atoms. The Morgan fingerprint density at radius 2 is 1.04 bits per heavy atom. The van der Waals surface area contributed by atoms with E-state index in [9.17, 15) is 38.4 Å². The Morgan fingerprint density at radius 1 is 0.608 bits per heavy atom. The van der Waals surface area contributed by atoms with E-state index in [0.717, 1.165) is 46.4 Å². The molecule has 3 aliphatic heterocycles. The van der Waals surface area contributed by atoms with Crippen molar-refractivity contribution in [3.8, 4) is 0 Å². The van der Waals surface area contributed by atoms with Crippen molar-refractivity contribution in [3.63, 3.8) is 0 Å². The number of hydrogen-bond acceptors (Lipinski definition) is 17. The van der Waals surface area contributed by atoms with Crippen LogP contribution >= 0.6 is 15.9 Å². The number of benzene rings is 1. The van der Waals surface area contributed by atoms with Crippen LogP contribution in [-0.4, -0.2) is 126 Å². The van der Waals surface area contributed by atoms with Gasteiger partial charge in [0.05, 0.1) is 11.1 Å². The number of imide groups is 1. The van der Waals surface area contributed by atoms with Crippen molar-refractivity contribution < 1.29 is 81.0 Å². The van der Waals surface area contributed by atoms with Gasteiger partial charge in [-0.1, -0.05) is 28.1 Å². The molecule has 0 saturated carbocycles. The second-order valence-electron chi connectivity index (χ2n) is 11.6. The minimum absolute atomic E-state index is 0.0721. The van der Waals surface area contributed by atoms with Gasteiger partial charge in [-0.25, -0.2) is 0 Å². The molecule has 4 rings (SSSR count). The molecule has 1 aromatic carbocycles. The zero-order valence-corrected chi connectivity index (χ0v) is 29.8. The fourth-order valence-corrected chi connectivity index (χ4v) is 6.72. The highest BCUT2D eigenvalue weighted by atomic mass is 79.9. The van der Waals surface area contributed by atoms with Crippen molar-refractivity contribution in [2.75, 3.05) is 13.2 Å². The first kappa shape index (κ1) is 39.3. The van der Waals surface area contributed by atoms with Crippen molar-refractivity contribution in [3.05, 3.63) is 35.4 Å². The van der Waals surface area contributed by atoms with E-state index in [0.29, 0.717) is 0 Å². The Hall–Kier alpha value is -4.46. The molecule has 0 aliphatic carbocycles. The molecule has 2 saturated heterocycles. The molecule has 0 N–H and O–H groups in total. The number of carbonyl (C=O) groups is 8. The summed E-state index contributed by atoms with van der Waals surface area (Å²) >= 11 is 3.34. The molecule has 19 heteroatoms. The average molecular weight is 787 g/mol. The molecule has 0 aromatic heterocycles. The number of rotatable bonds is 11. The van der Waals surface area contributed by atoms with Crippen molar-refractivity contribution in [2.24, 2.45) is 0 Å². The average Bonchev–Trinajstić information content (AvgIpc) is 3.27. The third kappa shape index (κ3) is 9.26. The van der Waals surface area contributed by atoms with E-state index in [4.69, 9.17) is 42.6 Å². The number of nitrogens with zero attached hydrogens (tertiary/aromatic N) is 1. The zero-order chi connectivity index (χ0) is 37.7. The summed E-state index contributed by atoms with van der Waals surface area (Å²) in [6.07, 6.45) is -12.6. The highest BCUT2D eigenvalue weighted by Gasteiger charge is 2.59. The van der Waals surface area contributed by atoms with Crippen LogP contribution in [0.5, 0.6) is 0 Å². The van der Waals surface area contributed by atoms with Crippen molar-refractivity contribution in [1.82, 2.24) is 4.90 Å². The third-order valence-corrected chi connectivity index (χ3v) is 8.47. The zero-order valence-electron chi connectivity index (χ0n) is 28.3. The highest BCUT2D eigenvalue weighted by Crippen LogP contribution is 2.39. The van der Waals surface area contributed by atoms with Gasteiger partial charge in [-0.15, -0.1) is 0 Å². The van der Waals surface area contributed by atoms with E-state index in [1.54, 1.807) is 12.1 Å². The maximum absolute atomic E-state index is 13.7. The molecule has 0 bridgehead atoms. The predicted molar refractivity (Wildman–Crippen MR) is 167 cm³/mol. The summed E-state index contributed by atoms with van der Waals surface area (Å²) in [4.78, 5) is 101. The van der Waals surface area contributed by atoms with E-state index >= 15 is 0 Å².